The molecule has 1 heterocycles. The number of ether oxygens (including phenoxy) is 1. The Balaban J connectivity index is 1.69. The van der Waals surface area contributed by atoms with E-state index in [9.17, 15) is 27.5 Å². The number of rotatable bonds is 8. The number of anilines is 1. The minimum atomic E-state index is -3.97. The lowest BCUT2D eigenvalue weighted by Gasteiger charge is -2.38. The van der Waals surface area contributed by atoms with Crippen molar-refractivity contribution in [1.29, 1.82) is 0 Å². The van der Waals surface area contributed by atoms with Gasteiger partial charge in [-0.3, -0.25) is 9.59 Å². The molecule has 0 radical (unpaired) electrons. The fourth-order valence-electron chi connectivity index (χ4n) is 5.30. The summed E-state index contributed by atoms with van der Waals surface area (Å²) in [6.07, 6.45) is 3.97. The molecule has 2 aromatic carbocycles. The van der Waals surface area contributed by atoms with Gasteiger partial charge in [0.15, 0.2) is 5.75 Å². The second-order valence-electron chi connectivity index (χ2n) is 10.9. The van der Waals surface area contributed by atoms with Crippen molar-refractivity contribution in [2.45, 2.75) is 63.0 Å². The molecular formula is C29H38FN3O6S. The number of para-hydroxylation sites is 1. The maximum atomic E-state index is 13.7. The summed E-state index contributed by atoms with van der Waals surface area (Å²) in [5.41, 5.74) is 0.573. The molecule has 218 valence electrons. The monoisotopic (exact) mass is 575 g/mol. The van der Waals surface area contributed by atoms with Crippen LogP contribution in [-0.4, -0.2) is 73.4 Å². The molecule has 0 unspecified atom stereocenters. The van der Waals surface area contributed by atoms with Gasteiger partial charge < -0.3 is 20.1 Å². The quantitative estimate of drug-likeness (QED) is 0.494. The van der Waals surface area contributed by atoms with Crippen molar-refractivity contribution in [2.75, 3.05) is 32.1 Å². The summed E-state index contributed by atoms with van der Waals surface area (Å²) in [4.78, 5) is 28.3. The number of likely N-dealkylation sites (N-methyl/N-ethyl adjacent to an activating group) is 1. The van der Waals surface area contributed by atoms with E-state index in [4.69, 9.17) is 4.74 Å². The van der Waals surface area contributed by atoms with Gasteiger partial charge in [-0.2, -0.15) is 4.31 Å². The van der Waals surface area contributed by atoms with Crippen LogP contribution in [0, 0.1) is 17.7 Å². The number of sulfonamides is 1. The zero-order valence-electron chi connectivity index (χ0n) is 23.2. The topological polar surface area (TPSA) is 116 Å². The van der Waals surface area contributed by atoms with Crippen molar-refractivity contribution in [3.05, 3.63) is 53.8 Å². The van der Waals surface area contributed by atoms with Gasteiger partial charge in [0.05, 0.1) is 35.3 Å². The number of carbonyl (C=O) groups excluding carboxylic acids is 2. The zero-order chi connectivity index (χ0) is 29.0. The van der Waals surface area contributed by atoms with Crippen LogP contribution < -0.4 is 10.1 Å². The number of fused-ring (bicyclic) bond motifs is 1. The first-order chi connectivity index (χ1) is 19.0. The van der Waals surface area contributed by atoms with E-state index in [1.54, 1.807) is 30.0 Å². The Morgan fingerprint density at radius 3 is 2.50 bits per heavy atom. The number of amides is 2. The van der Waals surface area contributed by atoms with E-state index in [1.807, 2.05) is 6.92 Å². The van der Waals surface area contributed by atoms with E-state index in [1.165, 1.54) is 19.2 Å². The van der Waals surface area contributed by atoms with Gasteiger partial charge in [-0.1, -0.05) is 32.3 Å². The molecule has 1 aliphatic carbocycles. The molecule has 2 aliphatic rings. The van der Waals surface area contributed by atoms with Crippen molar-refractivity contribution in [2.24, 2.45) is 11.8 Å². The summed E-state index contributed by atoms with van der Waals surface area (Å²) >= 11 is 0. The lowest BCUT2D eigenvalue weighted by atomic mass is 9.88. The van der Waals surface area contributed by atoms with Crippen LogP contribution in [0.2, 0.25) is 0 Å². The van der Waals surface area contributed by atoms with E-state index in [0.29, 0.717) is 5.69 Å². The Morgan fingerprint density at radius 1 is 1.18 bits per heavy atom. The van der Waals surface area contributed by atoms with E-state index in [-0.39, 0.29) is 59.6 Å². The average Bonchev–Trinajstić information content (AvgIpc) is 2.95. The molecular weight excluding hydrogens is 537 g/mol. The second kappa shape index (κ2) is 12.7. The van der Waals surface area contributed by atoms with E-state index < -0.39 is 28.0 Å². The van der Waals surface area contributed by atoms with Crippen molar-refractivity contribution >= 4 is 27.5 Å². The number of carbonyl (C=O) groups is 2. The Hall–Kier alpha value is -3.02. The lowest BCUT2D eigenvalue weighted by molar-refractivity contribution is -0.120. The van der Waals surface area contributed by atoms with Crippen LogP contribution in [0.5, 0.6) is 5.75 Å². The molecule has 1 saturated carbocycles. The standard InChI is InChI=1S/C29H38FN3O6S/c1-19-16-33(20(2)18-34)29(36)24-10-7-11-25(31-28(35)21-8-5-4-6-9-21)27(24)39-26(19)17-32(3)40(37,38)23-14-12-22(30)13-15-23/h7,10-15,19-21,26,34H,4-6,8-9,16-18H2,1-3H3,(H,31,35)/t19-,20-,26-/m1/s1. The van der Waals surface area contributed by atoms with Crippen LogP contribution in [0.1, 0.15) is 56.3 Å². The summed E-state index contributed by atoms with van der Waals surface area (Å²) in [6.45, 7) is 3.48. The first kappa shape index (κ1) is 30.0. The van der Waals surface area contributed by atoms with Crippen LogP contribution in [0.25, 0.3) is 0 Å². The molecule has 1 aliphatic heterocycles. The van der Waals surface area contributed by atoms with Crippen molar-refractivity contribution in [3.63, 3.8) is 0 Å². The van der Waals surface area contributed by atoms with Crippen LogP contribution in [-0.2, 0) is 14.8 Å². The highest BCUT2D eigenvalue weighted by atomic mass is 32.2. The van der Waals surface area contributed by atoms with Crippen LogP contribution in [0.15, 0.2) is 47.4 Å². The van der Waals surface area contributed by atoms with Crippen molar-refractivity contribution in [1.82, 2.24) is 9.21 Å². The molecule has 2 aromatic rings. The SMILES string of the molecule is C[C@@H]1CN([C@H](C)CO)C(=O)c2cccc(NC(=O)C3CCCCC3)c2O[C@@H]1CN(C)S(=O)(=O)c1ccc(F)cc1. The molecule has 0 spiro atoms. The Kier molecular flexibility index (Phi) is 9.48. The highest BCUT2D eigenvalue weighted by molar-refractivity contribution is 7.89. The lowest BCUT2D eigenvalue weighted by Crippen LogP contribution is -2.50. The summed E-state index contributed by atoms with van der Waals surface area (Å²) in [6, 6.07) is 9.06. The Morgan fingerprint density at radius 2 is 1.85 bits per heavy atom. The fraction of sp³-hybridized carbons (Fsp3) is 0.517. The average molecular weight is 576 g/mol. The smallest absolute Gasteiger partial charge is 0.258 e. The van der Waals surface area contributed by atoms with E-state index >= 15 is 0 Å². The molecule has 0 bridgehead atoms. The summed E-state index contributed by atoms with van der Waals surface area (Å²) in [7, 11) is -2.55. The first-order valence-electron chi connectivity index (χ1n) is 13.8. The van der Waals surface area contributed by atoms with Gasteiger partial charge in [0, 0.05) is 25.4 Å². The molecule has 11 heteroatoms. The highest BCUT2D eigenvalue weighted by Crippen LogP contribution is 2.36. The number of halogens is 1. The normalized spacial score (nSPS) is 21.2. The number of nitrogens with zero attached hydrogens (tertiary/aromatic N) is 2. The van der Waals surface area contributed by atoms with E-state index in [0.717, 1.165) is 48.5 Å². The third-order valence-electron chi connectivity index (χ3n) is 7.88. The number of aliphatic hydroxyl groups is 1. The summed E-state index contributed by atoms with van der Waals surface area (Å²) < 4.78 is 47.6. The zero-order valence-corrected chi connectivity index (χ0v) is 24.0. The Labute approximate surface area is 235 Å². The molecule has 2 amide bonds. The molecule has 1 fully saturated rings. The summed E-state index contributed by atoms with van der Waals surface area (Å²) in [5.74, 6) is -1.31. The van der Waals surface area contributed by atoms with Gasteiger partial charge in [-0.25, -0.2) is 12.8 Å². The molecule has 2 N–H and O–H groups in total. The fourth-order valence-corrected chi connectivity index (χ4v) is 6.48. The predicted octanol–water partition coefficient (Wildman–Crippen LogP) is 3.89. The minimum absolute atomic E-state index is 0.0542. The van der Waals surface area contributed by atoms with Gasteiger partial charge in [0.25, 0.3) is 5.91 Å². The summed E-state index contributed by atoms with van der Waals surface area (Å²) in [5, 5.41) is 12.9. The third kappa shape index (κ3) is 6.47. The third-order valence-corrected chi connectivity index (χ3v) is 9.72. The molecule has 40 heavy (non-hydrogen) atoms. The maximum absolute atomic E-state index is 13.7. The van der Waals surface area contributed by atoms with Gasteiger partial charge in [-0.15, -0.1) is 0 Å². The van der Waals surface area contributed by atoms with E-state index in [2.05, 4.69) is 5.32 Å². The number of hydrogen-bond acceptors (Lipinski definition) is 6. The number of benzene rings is 2. The van der Waals surface area contributed by atoms with Crippen molar-refractivity contribution < 1.29 is 32.2 Å². The van der Waals surface area contributed by atoms with Crippen LogP contribution in [0.4, 0.5) is 10.1 Å². The number of nitrogens with one attached hydrogen (secondary N) is 1. The van der Waals surface area contributed by atoms with Crippen LogP contribution >= 0.6 is 0 Å². The van der Waals surface area contributed by atoms with Crippen molar-refractivity contribution in [3.8, 4) is 5.75 Å². The van der Waals surface area contributed by atoms with Gasteiger partial charge in [0.1, 0.15) is 11.9 Å². The van der Waals surface area contributed by atoms with Gasteiger partial charge >= 0.3 is 0 Å². The molecule has 4 rings (SSSR count). The molecule has 0 aromatic heterocycles. The number of hydrogen-bond donors (Lipinski definition) is 2. The highest BCUT2D eigenvalue weighted by Gasteiger charge is 2.36. The molecule has 3 atom stereocenters. The number of aliphatic hydroxyl groups excluding tert-OH is 1. The maximum Gasteiger partial charge on any atom is 0.258 e. The predicted molar refractivity (Wildman–Crippen MR) is 149 cm³/mol. The largest absolute Gasteiger partial charge is 0.486 e. The minimum Gasteiger partial charge on any atom is -0.486 e. The first-order valence-corrected chi connectivity index (χ1v) is 15.2. The van der Waals surface area contributed by atoms with Crippen LogP contribution in [0.3, 0.4) is 0 Å². The van der Waals surface area contributed by atoms with Gasteiger partial charge in [-0.05, 0) is 56.2 Å². The molecule has 0 saturated heterocycles. The second-order valence-corrected chi connectivity index (χ2v) is 12.9. The van der Waals surface area contributed by atoms with Gasteiger partial charge in [0.2, 0.25) is 15.9 Å². The Bertz CT molecular complexity index is 1310. The molecule has 9 nitrogen and oxygen atoms in total.